The van der Waals surface area contributed by atoms with Gasteiger partial charge in [-0.3, -0.25) is 4.79 Å². The lowest BCUT2D eigenvalue weighted by Crippen LogP contribution is -2.16. The number of carbonyl (C=O) groups is 1. The second-order valence-electron chi connectivity index (χ2n) is 8.08. The van der Waals surface area contributed by atoms with Crippen LogP contribution in [0.25, 0.3) is 22.2 Å². The van der Waals surface area contributed by atoms with Crippen LogP contribution >= 0.6 is 11.6 Å². The molecule has 0 aliphatic rings. The maximum Gasteiger partial charge on any atom is 0.256 e. The zero-order chi connectivity index (χ0) is 23.0. The molecule has 0 bridgehead atoms. The van der Waals surface area contributed by atoms with Crippen LogP contribution in [-0.4, -0.2) is 18.0 Å². The number of anilines is 1. The normalized spacial score (nSPS) is 10.9. The van der Waals surface area contributed by atoms with Gasteiger partial charge in [-0.2, -0.15) is 0 Å². The van der Waals surface area contributed by atoms with Crippen molar-refractivity contribution < 1.29 is 9.53 Å². The fourth-order valence-electron chi connectivity index (χ4n) is 4.05. The molecule has 4 nitrogen and oxygen atoms in total. The molecule has 1 N–H and O–H groups in total. The van der Waals surface area contributed by atoms with Gasteiger partial charge in [0.2, 0.25) is 0 Å². The van der Waals surface area contributed by atoms with Gasteiger partial charge < -0.3 is 10.1 Å². The molecular weight excluding hydrogens is 420 g/mol. The molecule has 0 saturated heterocycles. The van der Waals surface area contributed by atoms with Gasteiger partial charge in [0.15, 0.2) is 0 Å². The number of pyridine rings is 1. The standard InChI is InChI=1S/C27H25ClN2O2/c1-15-12-17(3)25-22(13-15)24(27(31)29-23-14-20(28)9-6-16(23)2)18(4)26(30-25)19-7-10-21(32-5)11-8-19/h6-14H,1-5H3,(H,29,31). The van der Waals surface area contributed by atoms with Crippen LogP contribution in [0.3, 0.4) is 0 Å². The fraction of sp³-hybridized carbons (Fsp3) is 0.185. The summed E-state index contributed by atoms with van der Waals surface area (Å²) >= 11 is 6.17. The molecule has 1 amide bonds. The fourth-order valence-corrected chi connectivity index (χ4v) is 4.22. The summed E-state index contributed by atoms with van der Waals surface area (Å²) < 4.78 is 5.29. The number of nitrogens with zero attached hydrogens (tertiary/aromatic N) is 1. The molecule has 0 aliphatic heterocycles. The van der Waals surface area contributed by atoms with Crippen molar-refractivity contribution in [2.75, 3.05) is 12.4 Å². The van der Waals surface area contributed by atoms with E-state index in [2.05, 4.69) is 11.4 Å². The molecule has 4 rings (SSSR count). The van der Waals surface area contributed by atoms with E-state index < -0.39 is 0 Å². The van der Waals surface area contributed by atoms with Gasteiger partial charge in [0.05, 0.1) is 23.9 Å². The summed E-state index contributed by atoms with van der Waals surface area (Å²) in [5.41, 5.74) is 7.72. The minimum Gasteiger partial charge on any atom is -0.497 e. The van der Waals surface area contributed by atoms with Crippen LogP contribution in [0.2, 0.25) is 5.02 Å². The van der Waals surface area contributed by atoms with Gasteiger partial charge in [0.1, 0.15) is 5.75 Å². The molecule has 0 atom stereocenters. The monoisotopic (exact) mass is 444 g/mol. The Bertz CT molecular complexity index is 1340. The van der Waals surface area contributed by atoms with Crippen LogP contribution in [-0.2, 0) is 0 Å². The molecule has 5 heteroatoms. The number of rotatable bonds is 4. The van der Waals surface area contributed by atoms with Gasteiger partial charge in [-0.1, -0.05) is 29.3 Å². The predicted octanol–water partition coefficient (Wildman–Crippen LogP) is 7.05. The van der Waals surface area contributed by atoms with Crippen molar-refractivity contribution in [2.45, 2.75) is 27.7 Å². The lowest BCUT2D eigenvalue weighted by atomic mass is 9.94. The number of benzene rings is 3. The van der Waals surface area contributed by atoms with E-state index in [1.165, 1.54) is 0 Å². The first-order valence-electron chi connectivity index (χ1n) is 10.4. The van der Waals surface area contributed by atoms with Crippen molar-refractivity contribution in [1.29, 1.82) is 0 Å². The zero-order valence-corrected chi connectivity index (χ0v) is 19.6. The number of hydrogen-bond acceptors (Lipinski definition) is 3. The average Bonchev–Trinajstić information content (AvgIpc) is 2.76. The van der Waals surface area contributed by atoms with Gasteiger partial charge >= 0.3 is 0 Å². The maximum absolute atomic E-state index is 13.6. The third kappa shape index (κ3) is 4.06. The molecule has 0 unspecified atom stereocenters. The van der Waals surface area contributed by atoms with Gasteiger partial charge in [-0.15, -0.1) is 0 Å². The second kappa shape index (κ2) is 8.64. The van der Waals surface area contributed by atoms with E-state index in [1.54, 1.807) is 13.2 Å². The summed E-state index contributed by atoms with van der Waals surface area (Å²) in [6.45, 7) is 7.95. The number of hydrogen-bond donors (Lipinski definition) is 1. The summed E-state index contributed by atoms with van der Waals surface area (Å²) in [5, 5.41) is 4.48. The summed E-state index contributed by atoms with van der Waals surface area (Å²) in [6, 6.07) is 17.3. The van der Waals surface area contributed by atoms with Crippen molar-refractivity contribution >= 4 is 34.1 Å². The molecule has 3 aromatic carbocycles. The zero-order valence-electron chi connectivity index (χ0n) is 18.8. The minimum atomic E-state index is -0.181. The average molecular weight is 445 g/mol. The van der Waals surface area contributed by atoms with E-state index in [1.807, 2.05) is 70.2 Å². The smallest absolute Gasteiger partial charge is 0.256 e. The van der Waals surface area contributed by atoms with Crippen LogP contribution in [0.15, 0.2) is 54.6 Å². The predicted molar refractivity (Wildman–Crippen MR) is 132 cm³/mol. The van der Waals surface area contributed by atoms with E-state index in [0.29, 0.717) is 16.3 Å². The lowest BCUT2D eigenvalue weighted by molar-refractivity contribution is 0.102. The number of ether oxygens (including phenoxy) is 1. The topological polar surface area (TPSA) is 51.2 Å². The van der Waals surface area contributed by atoms with Gasteiger partial charge in [0, 0.05) is 21.7 Å². The quantitative estimate of drug-likeness (QED) is 0.367. The Morgan fingerprint density at radius 1 is 0.938 bits per heavy atom. The van der Waals surface area contributed by atoms with Gasteiger partial charge in [0.25, 0.3) is 5.91 Å². The van der Waals surface area contributed by atoms with Crippen LogP contribution in [0.1, 0.15) is 32.6 Å². The molecule has 0 fully saturated rings. The Morgan fingerprint density at radius 3 is 2.34 bits per heavy atom. The molecule has 0 saturated carbocycles. The summed E-state index contributed by atoms with van der Waals surface area (Å²) in [6.07, 6.45) is 0. The molecule has 32 heavy (non-hydrogen) atoms. The number of fused-ring (bicyclic) bond motifs is 1. The number of halogens is 1. The van der Waals surface area contributed by atoms with Crippen molar-refractivity contribution in [1.82, 2.24) is 4.98 Å². The molecule has 1 aromatic heterocycles. The first-order chi connectivity index (χ1) is 15.3. The SMILES string of the molecule is COc1ccc(-c2nc3c(C)cc(C)cc3c(C(=O)Nc3cc(Cl)ccc3C)c2C)cc1. The van der Waals surface area contributed by atoms with Crippen LogP contribution in [0.4, 0.5) is 5.69 Å². The molecule has 1 heterocycles. The van der Waals surface area contributed by atoms with Crippen molar-refractivity contribution in [3.63, 3.8) is 0 Å². The largest absolute Gasteiger partial charge is 0.497 e. The minimum absolute atomic E-state index is 0.181. The first-order valence-corrected chi connectivity index (χ1v) is 10.8. The Kier molecular flexibility index (Phi) is 5.90. The third-order valence-electron chi connectivity index (χ3n) is 5.71. The highest BCUT2D eigenvalue weighted by atomic mass is 35.5. The van der Waals surface area contributed by atoms with Crippen molar-refractivity contribution in [3.05, 3.63) is 87.4 Å². The van der Waals surface area contributed by atoms with Gasteiger partial charge in [-0.25, -0.2) is 4.98 Å². The Balaban J connectivity index is 1.93. The Morgan fingerprint density at radius 2 is 1.66 bits per heavy atom. The number of amides is 1. The Hall–Kier alpha value is -3.37. The summed E-state index contributed by atoms with van der Waals surface area (Å²) in [7, 11) is 1.64. The molecule has 162 valence electrons. The summed E-state index contributed by atoms with van der Waals surface area (Å²) in [4.78, 5) is 18.6. The lowest BCUT2D eigenvalue weighted by Gasteiger charge is -2.17. The Labute approximate surface area is 193 Å². The van der Waals surface area contributed by atoms with E-state index in [4.69, 9.17) is 21.3 Å². The van der Waals surface area contributed by atoms with E-state index in [0.717, 1.165) is 50.2 Å². The second-order valence-corrected chi connectivity index (χ2v) is 8.52. The van der Waals surface area contributed by atoms with Crippen molar-refractivity contribution in [2.24, 2.45) is 0 Å². The number of aromatic nitrogens is 1. The molecule has 0 radical (unpaired) electrons. The van der Waals surface area contributed by atoms with Crippen molar-refractivity contribution in [3.8, 4) is 17.0 Å². The third-order valence-corrected chi connectivity index (χ3v) is 5.94. The van der Waals surface area contributed by atoms with Crippen LogP contribution in [0.5, 0.6) is 5.75 Å². The van der Waals surface area contributed by atoms with E-state index in [9.17, 15) is 4.79 Å². The number of nitrogens with one attached hydrogen (secondary N) is 1. The van der Waals surface area contributed by atoms with Crippen LogP contribution in [0, 0.1) is 27.7 Å². The highest BCUT2D eigenvalue weighted by Crippen LogP contribution is 2.33. The number of aryl methyl sites for hydroxylation is 3. The first kappa shape index (κ1) is 21.8. The van der Waals surface area contributed by atoms with Crippen LogP contribution < -0.4 is 10.1 Å². The molecule has 0 aliphatic carbocycles. The molecule has 0 spiro atoms. The van der Waals surface area contributed by atoms with E-state index in [-0.39, 0.29) is 5.91 Å². The van der Waals surface area contributed by atoms with Gasteiger partial charge in [-0.05, 0) is 86.8 Å². The maximum atomic E-state index is 13.6. The number of methoxy groups -OCH3 is 1. The molecule has 4 aromatic rings. The van der Waals surface area contributed by atoms with E-state index >= 15 is 0 Å². The number of carbonyl (C=O) groups excluding carboxylic acids is 1. The highest BCUT2D eigenvalue weighted by molar-refractivity contribution is 6.31. The molecular formula is C27H25ClN2O2. The summed E-state index contributed by atoms with van der Waals surface area (Å²) in [5.74, 6) is 0.591. The highest BCUT2D eigenvalue weighted by Gasteiger charge is 2.21.